The predicted octanol–water partition coefficient (Wildman–Crippen LogP) is 3.47. The van der Waals surface area contributed by atoms with Gasteiger partial charge in [0.25, 0.3) is 0 Å². The summed E-state index contributed by atoms with van der Waals surface area (Å²) < 4.78 is 17.2. The molecule has 1 aromatic rings. The number of hydrogen-bond donors (Lipinski definition) is 0. The molecule has 0 aliphatic carbocycles. The summed E-state index contributed by atoms with van der Waals surface area (Å²) >= 11 is 0. The monoisotopic (exact) mass is 426 g/mol. The molecule has 0 fully saturated rings. The molecule has 0 atom stereocenters. The zero-order chi connectivity index (χ0) is 22.2. The molecule has 0 saturated carbocycles. The number of carbonyl (C=O) groups excluding carboxylic acids is 2. The molecule has 0 saturated heterocycles. The van der Waals surface area contributed by atoms with Crippen LogP contribution in [0.1, 0.15) is 35.5 Å². The summed E-state index contributed by atoms with van der Waals surface area (Å²) in [6, 6.07) is 0.985. The lowest BCUT2D eigenvalue weighted by Gasteiger charge is -2.16. The van der Waals surface area contributed by atoms with Gasteiger partial charge in [0, 0.05) is 38.2 Å². The van der Waals surface area contributed by atoms with Gasteiger partial charge >= 0.3 is 17.6 Å². The van der Waals surface area contributed by atoms with E-state index >= 15 is 0 Å². The minimum absolute atomic E-state index is 0.000281. The summed E-state index contributed by atoms with van der Waals surface area (Å²) in [6.45, 7) is 12.6. The van der Waals surface area contributed by atoms with Crippen molar-refractivity contribution in [3.63, 3.8) is 0 Å². The molecule has 0 unspecified atom stereocenters. The van der Waals surface area contributed by atoms with E-state index in [1.807, 2.05) is 0 Å². The zero-order valence-electron chi connectivity index (χ0n) is 17.9. The molecule has 1 heterocycles. The van der Waals surface area contributed by atoms with Crippen LogP contribution in [0, 0.1) is 17.0 Å². The number of nitro groups is 1. The van der Waals surface area contributed by atoms with Gasteiger partial charge in [0.2, 0.25) is 0 Å². The molecule has 162 valence electrons. The molecule has 1 rings (SSSR count). The molecular formula is C19H30N2O7Si. The Kier molecular flexibility index (Phi) is 9.25. The topological polar surface area (TPSA) is 110 Å². The van der Waals surface area contributed by atoms with Crippen molar-refractivity contribution in [2.45, 2.75) is 53.2 Å². The van der Waals surface area contributed by atoms with Gasteiger partial charge in [-0.15, -0.1) is 0 Å². The second kappa shape index (κ2) is 10.9. The molecule has 0 amide bonds. The van der Waals surface area contributed by atoms with Crippen molar-refractivity contribution in [2.24, 2.45) is 0 Å². The number of esters is 2. The number of rotatable bonds is 11. The third-order valence-corrected chi connectivity index (χ3v) is 5.76. The van der Waals surface area contributed by atoms with Crippen LogP contribution >= 0.6 is 0 Å². The Morgan fingerprint density at radius 3 is 2.34 bits per heavy atom. The van der Waals surface area contributed by atoms with Crippen molar-refractivity contribution in [1.29, 1.82) is 0 Å². The van der Waals surface area contributed by atoms with Gasteiger partial charge in [0.15, 0.2) is 0 Å². The average Bonchev–Trinajstić information content (AvgIpc) is 2.91. The number of ether oxygens (including phenoxy) is 3. The third kappa shape index (κ3) is 7.46. The van der Waals surface area contributed by atoms with Crippen molar-refractivity contribution >= 4 is 26.1 Å². The fourth-order valence-corrected chi connectivity index (χ4v) is 3.23. The van der Waals surface area contributed by atoms with Crippen molar-refractivity contribution in [1.82, 2.24) is 4.57 Å². The van der Waals surface area contributed by atoms with Crippen molar-refractivity contribution in [3.05, 3.63) is 38.8 Å². The second-order valence-corrected chi connectivity index (χ2v) is 13.2. The summed E-state index contributed by atoms with van der Waals surface area (Å²) in [5, 5.41) is 11.3. The van der Waals surface area contributed by atoms with Crippen molar-refractivity contribution in [2.75, 3.05) is 19.8 Å². The van der Waals surface area contributed by atoms with Gasteiger partial charge in [0.1, 0.15) is 6.73 Å². The Labute approximate surface area is 171 Å². The average molecular weight is 427 g/mol. The lowest BCUT2D eigenvalue weighted by molar-refractivity contribution is -0.419. The van der Waals surface area contributed by atoms with Crippen LogP contribution in [0.2, 0.25) is 25.7 Å². The molecule has 0 bridgehead atoms. The van der Waals surface area contributed by atoms with Crippen LogP contribution < -0.4 is 0 Å². The van der Waals surface area contributed by atoms with E-state index in [1.165, 1.54) is 0 Å². The summed E-state index contributed by atoms with van der Waals surface area (Å²) in [5.74, 6) is -1.69. The molecule has 29 heavy (non-hydrogen) atoms. The van der Waals surface area contributed by atoms with Gasteiger partial charge in [-0.2, -0.15) is 0 Å². The minimum atomic E-state index is -1.24. The Hall–Kier alpha value is -2.46. The standard InChI is InChI=1S/C19H30N2O7Si/c1-7-27-18(22)16(21(24)25)11-15-12-20(13-26-9-10-29(4,5)6)14(3)17(15)19(23)28-8-2/h11-12H,7-10,13H2,1-6H3. The van der Waals surface area contributed by atoms with Gasteiger partial charge in [-0.25, -0.2) is 9.59 Å². The molecule has 0 radical (unpaired) electrons. The van der Waals surface area contributed by atoms with Gasteiger partial charge in [-0.05, 0) is 26.8 Å². The van der Waals surface area contributed by atoms with Crippen LogP contribution in [0.25, 0.3) is 6.08 Å². The highest BCUT2D eigenvalue weighted by atomic mass is 28.3. The van der Waals surface area contributed by atoms with Crippen LogP contribution in [0.15, 0.2) is 11.9 Å². The summed E-state index contributed by atoms with van der Waals surface area (Å²) in [7, 11) is -1.24. The molecule has 1 aromatic heterocycles. The van der Waals surface area contributed by atoms with E-state index in [0.29, 0.717) is 12.3 Å². The molecule has 10 heteroatoms. The van der Waals surface area contributed by atoms with E-state index < -0.39 is 30.6 Å². The SMILES string of the molecule is CCOC(=O)C(=Cc1cn(COCC[Si](C)(C)C)c(C)c1C(=O)OCC)[N+](=O)[O-]. The molecule has 0 aliphatic rings. The molecule has 0 aliphatic heterocycles. The third-order valence-electron chi connectivity index (χ3n) is 4.06. The Morgan fingerprint density at radius 1 is 1.21 bits per heavy atom. The fraction of sp³-hybridized carbons (Fsp3) is 0.579. The number of nitrogens with zero attached hydrogens (tertiary/aromatic N) is 2. The van der Waals surface area contributed by atoms with E-state index in [1.54, 1.807) is 31.5 Å². The predicted molar refractivity (Wildman–Crippen MR) is 111 cm³/mol. The van der Waals surface area contributed by atoms with E-state index in [-0.39, 0.29) is 31.1 Å². The Morgan fingerprint density at radius 2 is 1.83 bits per heavy atom. The van der Waals surface area contributed by atoms with Gasteiger partial charge in [-0.1, -0.05) is 19.6 Å². The molecule has 0 N–H and O–H groups in total. The maximum absolute atomic E-state index is 12.4. The highest BCUT2D eigenvalue weighted by Crippen LogP contribution is 2.22. The van der Waals surface area contributed by atoms with Crippen molar-refractivity contribution < 1.29 is 28.7 Å². The highest BCUT2D eigenvalue weighted by molar-refractivity contribution is 6.76. The quantitative estimate of drug-likeness (QED) is 0.133. The maximum Gasteiger partial charge on any atom is 0.409 e. The second-order valence-electron chi connectivity index (χ2n) is 7.59. The zero-order valence-corrected chi connectivity index (χ0v) is 18.9. The van der Waals surface area contributed by atoms with Crippen LogP contribution in [0.5, 0.6) is 0 Å². The number of carbonyl (C=O) groups is 2. The summed E-state index contributed by atoms with van der Waals surface area (Å²) in [5.41, 5.74) is 0.141. The van der Waals surface area contributed by atoms with E-state index in [2.05, 4.69) is 19.6 Å². The van der Waals surface area contributed by atoms with E-state index in [0.717, 1.165) is 12.1 Å². The van der Waals surface area contributed by atoms with E-state index in [9.17, 15) is 19.7 Å². The van der Waals surface area contributed by atoms with E-state index in [4.69, 9.17) is 14.2 Å². The van der Waals surface area contributed by atoms with Crippen LogP contribution in [0.3, 0.4) is 0 Å². The molecule has 9 nitrogen and oxygen atoms in total. The first kappa shape index (κ1) is 24.6. The first-order chi connectivity index (χ1) is 13.5. The molecule has 0 aromatic carbocycles. The minimum Gasteiger partial charge on any atom is -0.462 e. The first-order valence-electron chi connectivity index (χ1n) is 9.49. The van der Waals surface area contributed by atoms with Gasteiger partial charge in [0.05, 0.1) is 23.7 Å². The van der Waals surface area contributed by atoms with Gasteiger partial charge in [-0.3, -0.25) is 10.1 Å². The number of aromatic nitrogens is 1. The molecular weight excluding hydrogens is 396 g/mol. The highest BCUT2D eigenvalue weighted by Gasteiger charge is 2.27. The van der Waals surface area contributed by atoms with Gasteiger partial charge < -0.3 is 18.8 Å². The van der Waals surface area contributed by atoms with Crippen LogP contribution in [-0.2, 0) is 25.7 Å². The maximum atomic E-state index is 12.4. The Balaban J connectivity index is 3.26. The largest absolute Gasteiger partial charge is 0.462 e. The summed E-state index contributed by atoms with van der Waals surface area (Å²) in [6.07, 6.45) is 2.58. The Bertz CT molecular complexity index is 778. The lowest BCUT2D eigenvalue weighted by Crippen LogP contribution is -2.22. The lowest BCUT2D eigenvalue weighted by atomic mass is 10.1. The van der Waals surface area contributed by atoms with Crippen molar-refractivity contribution in [3.8, 4) is 0 Å². The molecule has 0 spiro atoms. The normalized spacial score (nSPS) is 12.0. The smallest absolute Gasteiger partial charge is 0.409 e. The first-order valence-corrected chi connectivity index (χ1v) is 13.2. The van der Waals surface area contributed by atoms with Crippen LogP contribution in [-0.4, -0.2) is 49.3 Å². The number of hydrogen-bond acceptors (Lipinski definition) is 7. The fourth-order valence-electron chi connectivity index (χ4n) is 2.47. The van der Waals surface area contributed by atoms with Crippen LogP contribution in [0.4, 0.5) is 0 Å². The summed E-state index contributed by atoms with van der Waals surface area (Å²) in [4.78, 5) is 34.8.